The fourth-order valence-corrected chi connectivity index (χ4v) is 3.23. The van der Waals surface area contributed by atoms with Gasteiger partial charge in [-0.2, -0.15) is 0 Å². The van der Waals surface area contributed by atoms with Gasteiger partial charge >= 0.3 is 5.97 Å². The zero-order valence-electron chi connectivity index (χ0n) is 20.2. The van der Waals surface area contributed by atoms with Crippen LogP contribution in [0.3, 0.4) is 0 Å². The summed E-state index contributed by atoms with van der Waals surface area (Å²) in [6.45, 7) is 3.12. The van der Waals surface area contributed by atoms with E-state index in [4.69, 9.17) is 15.6 Å². The first-order valence-corrected chi connectivity index (χ1v) is 11.2. The molecular formula is C26H39N4O3-. The molecule has 0 bridgehead atoms. The first-order valence-electron chi connectivity index (χ1n) is 11.2. The van der Waals surface area contributed by atoms with E-state index in [0.29, 0.717) is 13.2 Å². The first kappa shape index (κ1) is 28.1. The lowest BCUT2D eigenvalue weighted by atomic mass is 10.2. The van der Waals surface area contributed by atoms with Gasteiger partial charge in [-0.05, 0) is 57.6 Å². The summed E-state index contributed by atoms with van der Waals surface area (Å²) in [5.41, 5.74) is 7.54. The van der Waals surface area contributed by atoms with Crippen molar-refractivity contribution in [1.29, 1.82) is 0 Å². The van der Waals surface area contributed by atoms with Gasteiger partial charge in [-0.3, -0.25) is 9.48 Å². The predicted octanol–water partition coefficient (Wildman–Crippen LogP) is 4.46. The molecule has 0 aliphatic heterocycles. The highest BCUT2D eigenvalue weighted by molar-refractivity contribution is 5.84. The third-order valence-corrected chi connectivity index (χ3v) is 4.88. The van der Waals surface area contributed by atoms with Gasteiger partial charge in [0, 0.05) is 13.0 Å². The summed E-state index contributed by atoms with van der Waals surface area (Å²) >= 11 is 0. The Morgan fingerprint density at radius 3 is 2.39 bits per heavy atom. The number of carboxylic acids is 1. The molecule has 0 aliphatic rings. The van der Waals surface area contributed by atoms with Crippen molar-refractivity contribution >= 4 is 16.9 Å². The van der Waals surface area contributed by atoms with Crippen LogP contribution in [0.15, 0.2) is 54.6 Å². The fourth-order valence-electron chi connectivity index (χ4n) is 3.23. The molecule has 33 heavy (non-hydrogen) atoms. The predicted molar refractivity (Wildman–Crippen MR) is 136 cm³/mol. The molecule has 0 amide bonds. The highest BCUT2D eigenvalue weighted by Crippen LogP contribution is 2.25. The summed E-state index contributed by atoms with van der Waals surface area (Å²) in [6.07, 6.45) is 3.90. The lowest BCUT2D eigenvalue weighted by Gasteiger charge is -2.09. The summed E-state index contributed by atoms with van der Waals surface area (Å²) in [6, 6.07) is 18.6. The third kappa shape index (κ3) is 10.5. The van der Waals surface area contributed by atoms with Crippen molar-refractivity contribution < 1.29 is 14.6 Å². The van der Waals surface area contributed by atoms with Crippen molar-refractivity contribution in [3.8, 4) is 5.88 Å². The minimum atomic E-state index is -0.716. The molecule has 3 aromatic rings. The summed E-state index contributed by atoms with van der Waals surface area (Å²) in [4.78, 5) is 12.1. The van der Waals surface area contributed by atoms with Crippen molar-refractivity contribution in [1.82, 2.24) is 14.7 Å². The number of benzene rings is 2. The molecule has 3 N–H and O–H groups in total. The average Bonchev–Trinajstić information content (AvgIpc) is 3.13. The van der Waals surface area contributed by atoms with E-state index >= 15 is 0 Å². The number of fused-ring (bicyclic) bond motifs is 1. The Labute approximate surface area is 198 Å². The molecule has 0 spiro atoms. The monoisotopic (exact) mass is 455 g/mol. The van der Waals surface area contributed by atoms with Crippen molar-refractivity contribution in [3.05, 3.63) is 67.6 Å². The Morgan fingerprint density at radius 2 is 1.73 bits per heavy atom. The number of aliphatic carboxylic acids is 1. The topological polar surface area (TPSA) is 93.6 Å². The number of hydrogen-bond donors (Lipinski definition) is 2. The van der Waals surface area contributed by atoms with Crippen molar-refractivity contribution in [2.45, 2.75) is 38.6 Å². The maximum absolute atomic E-state index is 9.93. The molecule has 0 atom stereocenters. The average molecular weight is 456 g/mol. The van der Waals surface area contributed by atoms with Gasteiger partial charge in [-0.15, -0.1) is 5.10 Å². The van der Waals surface area contributed by atoms with E-state index in [1.807, 2.05) is 22.9 Å². The molecular weight excluding hydrogens is 416 g/mol. The van der Waals surface area contributed by atoms with Gasteiger partial charge in [-0.25, -0.2) is 0 Å². The van der Waals surface area contributed by atoms with Crippen LogP contribution in [0.2, 0.25) is 0 Å². The number of nitrogens with two attached hydrogens (primary N) is 1. The minimum absolute atomic E-state index is 0. The van der Waals surface area contributed by atoms with E-state index < -0.39 is 5.97 Å². The SMILES string of the molecule is CN(C)CCCOc1nn(Cc2ccccc2)c2ccccc12.NCCCCCC(=O)O.[CH3-]. The van der Waals surface area contributed by atoms with E-state index in [2.05, 4.69) is 60.5 Å². The molecule has 0 saturated heterocycles. The summed E-state index contributed by atoms with van der Waals surface area (Å²) in [5.74, 6) is 0.0160. The number of para-hydroxylation sites is 1. The highest BCUT2D eigenvalue weighted by atomic mass is 16.5. The Hall–Kier alpha value is -2.90. The maximum Gasteiger partial charge on any atom is 0.303 e. The maximum atomic E-state index is 9.93. The van der Waals surface area contributed by atoms with Gasteiger partial charge in [-0.1, -0.05) is 48.9 Å². The van der Waals surface area contributed by atoms with Crippen LogP contribution in [0, 0.1) is 7.43 Å². The summed E-state index contributed by atoms with van der Waals surface area (Å²) in [5, 5.41) is 13.9. The second-order valence-corrected chi connectivity index (χ2v) is 7.96. The van der Waals surface area contributed by atoms with Crippen LogP contribution < -0.4 is 10.5 Å². The lowest BCUT2D eigenvalue weighted by Crippen LogP contribution is -2.15. The highest BCUT2D eigenvalue weighted by Gasteiger charge is 2.11. The lowest BCUT2D eigenvalue weighted by molar-refractivity contribution is -0.137. The van der Waals surface area contributed by atoms with Crippen LogP contribution in [-0.2, 0) is 11.3 Å². The van der Waals surface area contributed by atoms with Crippen molar-refractivity contribution in [2.24, 2.45) is 5.73 Å². The molecule has 0 saturated carbocycles. The Bertz CT molecular complexity index is 926. The van der Waals surface area contributed by atoms with Crippen molar-refractivity contribution in [2.75, 3.05) is 33.8 Å². The van der Waals surface area contributed by atoms with Crippen LogP contribution >= 0.6 is 0 Å². The van der Waals surface area contributed by atoms with Gasteiger partial charge in [0.1, 0.15) is 0 Å². The molecule has 2 aromatic carbocycles. The van der Waals surface area contributed by atoms with Crippen LogP contribution in [0.1, 0.15) is 37.7 Å². The number of hydrogen-bond acceptors (Lipinski definition) is 5. The van der Waals surface area contributed by atoms with E-state index in [0.717, 1.165) is 55.6 Å². The minimum Gasteiger partial charge on any atom is -0.481 e. The smallest absolute Gasteiger partial charge is 0.303 e. The molecule has 7 nitrogen and oxygen atoms in total. The number of ether oxygens (including phenoxy) is 1. The van der Waals surface area contributed by atoms with Gasteiger partial charge in [0.05, 0.1) is 24.1 Å². The van der Waals surface area contributed by atoms with Crippen LogP contribution in [0.5, 0.6) is 5.88 Å². The quantitative estimate of drug-likeness (QED) is 0.309. The molecule has 0 fully saturated rings. The first-order chi connectivity index (χ1) is 15.5. The summed E-state index contributed by atoms with van der Waals surface area (Å²) in [7, 11) is 4.15. The molecule has 7 heteroatoms. The van der Waals surface area contributed by atoms with Crippen LogP contribution in [0.4, 0.5) is 0 Å². The van der Waals surface area contributed by atoms with Gasteiger partial charge in [0.25, 0.3) is 0 Å². The second kappa shape index (κ2) is 15.8. The molecule has 1 heterocycles. The largest absolute Gasteiger partial charge is 0.481 e. The fraction of sp³-hybridized carbons (Fsp3) is 0.423. The van der Waals surface area contributed by atoms with E-state index in [9.17, 15) is 4.79 Å². The Balaban J connectivity index is 0.000000467. The van der Waals surface area contributed by atoms with E-state index in [1.54, 1.807) is 0 Å². The molecule has 0 unspecified atom stereocenters. The Kier molecular flexibility index (Phi) is 13.5. The van der Waals surface area contributed by atoms with E-state index in [1.165, 1.54) is 5.56 Å². The standard InChI is InChI=1S/C19H23N3O.C6H13NO2.CH3/c1-21(2)13-8-14-23-19-17-11-6-7-12-18(17)22(20-19)15-16-9-4-3-5-10-16;7-5-3-1-2-4-6(8)9;/h3-7,9-12H,8,13-15H2,1-2H3;1-5,7H2,(H,8,9);1H3/q;;-1. The molecule has 182 valence electrons. The van der Waals surface area contributed by atoms with Crippen LogP contribution in [0.25, 0.3) is 10.9 Å². The third-order valence-electron chi connectivity index (χ3n) is 4.88. The number of carboxylic acid groups (broad SMARTS) is 1. The molecule has 1 aromatic heterocycles. The molecule has 0 radical (unpaired) electrons. The number of aromatic nitrogens is 2. The van der Waals surface area contributed by atoms with E-state index in [-0.39, 0.29) is 13.8 Å². The van der Waals surface area contributed by atoms with Gasteiger partial charge < -0.3 is 27.9 Å². The number of carbonyl (C=O) groups is 1. The molecule has 3 rings (SSSR count). The number of nitrogens with zero attached hydrogens (tertiary/aromatic N) is 3. The number of unbranched alkanes of at least 4 members (excludes halogenated alkanes) is 2. The van der Waals surface area contributed by atoms with Gasteiger partial charge in [0.2, 0.25) is 5.88 Å². The summed E-state index contributed by atoms with van der Waals surface area (Å²) < 4.78 is 7.95. The zero-order chi connectivity index (χ0) is 23.2. The van der Waals surface area contributed by atoms with Crippen LogP contribution in [-0.4, -0.2) is 59.5 Å². The van der Waals surface area contributed by atoms with Crippen molar-refractivity contribution in [3.63, 3.8) is 0 Å². The molecule has 0 aliphatic carbocycles. The second-order valence-electron chi connectivity index (χ2n) is 7.96. The number of rotatable bonds is 12. The normalized spacial score (nSPS) is 10.4. The Morgan fingerprint density at radius 1 is 1.03 bits per heavy atom. The van der Waals surface area contributed by atoms with Gasteiger partial charge in [0.15, 0.2) is 0 Å². The zero-order valence-corrected chi connectivity index (χ0v) is 20.2.